The first-order valence-electron chi connectivity index (χ1n) is 5.87. The summed E-state index contributed by atoms with van der Waals surface area (Å²) in [7, 11) is 3.38. The zero-order valence-corrected chi connectivity index (χ0v) is 11.6. The highest BCUT2D eigenvalue weighted by Gasteiger charge is 2.04. The maximum atomic E-state index is 5.33. The molecule has 0 unspecified atom stereocenters. The quantitative estimate of drug-likeness (QED) is 0.571. The van der Waals surface area contributed by atoms with Crippen molar-refractivity contribution in [2.24, 2.45) is 0 Å². The Morgan fingerprint density at radius 1 is 1.24 bits per heavy atom. The summed E-state index contributed by atoms with van der Waals surface area (Å²) in [6.45, 7) is 3.12. The normalized spacial score (nSPS) is 10.3. The van der Waals surface area contributed by atoms with Gasteiger partial charge in [-0.25, -0.2) is 0 Å². The SMILES string of the molecule is CCCSNCCc1cc(OC)ccc1OC. The first kappa shape index (κ1) is 14.2. The molecule has 0 fully saturated rings. The van der Waals surface area contributed by atoms with Crippen LogP contribution in [0.5, 0.6) is 11.5 Å². The minimum atomic E-state index is 0.877. The van der Waals surface area contributed by atoms with Crippen LogP contribution in [0, 0.1) is 0 Å². The molecule has 4 heteroatoms. The third-order valence-corrected chi connectivity index (χ3v) is 3.41. The number of nitrogens with one attached hydrogen (secondary N) is 1. The van der Waals surface area contributed by atoms with E-state index in [-0.39, 0.29) is 0 Å². The van der Waals surface area contributed by atoms with Gasteiger partial charge in [-0.1, -0.05) is 18.9 Å². The van der Waals surface area contributed by atoms with Crippen molar-refractivity contribution in [1.29, 1.82) is 0 Å². The monoisotopic (exact) mass is 255 g/mol. The second kappa shape index (κ2) is 8.25. The summed E-state index contributed by atoms with van der Waals surface area (Å²) in [4.78, 5) is 0. The molecule has 0 radical (unpaired) electrons. The Morgan fingerprint density at radius 2 is 2.06 bits per heavy atom. The highest BCUT2D eigenvalue weighted by molar-refractivity contribution is 7.97. The first-order chi connectivity index (χ1) is 8.31. The van der Waals surface area contributed by atoms with Gasteiger partial charge in [0.2, 0.25) is 0 Å². The Labute approximate surface area is 108 Å². The molecule has 0 aliphatic heterocycles. The van der Waals surface area contributed by atoms with Crippen LogP contribution < -0.4 is 14.2 Å². The van der Waals surface area contributed by atoms with Crippen molar-refractivity contribution in [3.05, 3.63) is 23.8 Å². The maximum Gasteiger partial charge on any atom is 0.122 e. The second-order valence-corrected chi connectivity index (χ2v) is 4.66. The van der Waals surface area contributed by atoms with Crippen molar-refractivity contribution in [3.63, 3.8) is 0 Å². The lowest BCUT2D eigenvalue weighted by molar-refractivity contribution is 0.398. The summed E-state index contributed by atoms with van der Waals surface area (Å²) in [5, 5.41) is 0. The van der Waals surface area contributed by atoms with Crippen LogP contribution in [-0.2, 0) is 6.42 Å². The van der Waals surface area contributed by atoms with Crippen LogP contribution in [0.3, 0.4) is 0 Å². The molecule has 0 heterocycles. The van der Waals surface area contributed by atoms with E-state index in [1.54, 1.807) is 26.2 Å². The van der Waals surface area contributed by atoms with Gasteiger partial charge in [-0.05, 0) is 36.6 Å². The average molecular weight is 255 g/mol. The van der Waals surface area contributed by atoms with E-state index in [1.165, 1.54) is 12.0 Å². The van der Waals surface area contributed by atoms with Crippen molar-refractivity contribution in [1.82, 2.24) is 4.72 Å². The Kier molecular flexibility index (Phi) is 6.89. The lowest BCUT2D eigenvalue weighted by Crippen LogP contribution is -2.10. The molecule has 17 heavy (non-hydrogen) atoms. The third-order valence-electron chi connectivity index (χ3n) is 2.39. The molecule has 0 aromatic heterocycles. The summed E-state index contributed by atoms with van der Waals surface area (Å²) in [5.74, 6) is 2.95. The summed E-state index contributed by atoms with van der Waals surface area (Å²) >= 11 is 1.77. The highest BCUT2D eigenvalue weighted by atomic mass is 32.2. The fourth-order valence-electron chi connectivity index (χ4n) is 1.51. The van der Waals surface area contributed by atoms with Crippen molar-refractivity contribution in [3.8, 4) is 11.5 Å². The van der Waals surface area contributed by atoms with E-state index in [9.17, 15) is 0 Å². The summed E-state index contributed by atoms with van der Waals surface area (Å²) < 4.78 is 13.9. The molecular formula is C13H21NO2S. The molecule has 1 aromatic rings. The molecule has 0 bridgehead atoms. The lowest BCUT2D eigenvalue weighted by Gasteiger charge is -2.10. The number of hydrogen-bond donors (Lipinski definition) is 1. The van der Waals surface area contributed by atoms with Crippen LogP contribution >= 0.6 is 11.9 Å². The maximum absolute atomic E-state index is 5.33. The van der Waals surface area contributed by atoms with E-state index in [4.69, 9.17) is 9.47 Å². The summed E-state index contributed by atoms with van der Waals surface area (Å²) in [6, 6.07) is 5.90. The van der Waals surface area contributed by atoms with Gasteiger partial charge in [0.25, 0.3) is 0 Å². The summed E-state index contributed by atoms with van der Waals surface area (Å²) in [6.07, 6.45) is 2.14. The van der Waals surface area contributed by atoms with Crippen LogP contribution in [0.15, 0.2) is 18.2 Å². The number of methoxy groups -OCH3 is 2. The Hall–Kier alpha value is -0.870. The van der Waals surface area contributed by atoms with E-state index >= 15 is 0 Å². The van der Waals surface area contributed by atoms with Gasteiger partial charge in [-0.15, -0.1) is 0 Å². The van der Waals surface area contributed by atoms with Gasteiger partial charge in [0.1, 0.15) is 11.5 Å². The van der Waals surface area contributed by atoms with Crippen LogP contribution in [0.4, 0.5) is 0 Å². The second-order valence-electron chi connectivity index (χ2n) is 3.67. The van der Waals surface area contributed by atoms with E-state index in [0.29, 0.717) is 0 Å². The Morgan fingerprint density at radius 3 is 2.71 bits per heavy atom. The number of hydrogen-bond acceptors (Lipinski definition) is 4. The lowest BCUT2D eigenvalue weighted by atomic mass is 10.1. The third kappa shape index (κ3) is 4.88. The number of ether oxygens (including phenoxy) is 2. The molecule has 0 amide bonds. The fourth-order valence-corrected chi connectivity index (χ4v) is 2.10. The van der Waals surface area contributed by atoms with Gasteiger partial charge >= 0.3 is 0 Å². The molecule has 0 atom stereocenters. The predicted molar refractivity (Wildman–Crippen MR) is 74.0 cm³/mol. The van der Waals surface area contributed by atoms with Crippen LogP contribution in [0.25, 0.3) is 0 Å². The smallest absolute Gasteiger partial charge is 0.122 e. The molecule has 0 aliphatic carbocycles. The highest BCUT2D eigenvalue weighted by Crippen LogP contribution is 2.24. The zero-order valence-electron chi connectivity index (χ0n) is 10.8. The van der Waals surface area contributed by atoms with Crippen LogP contribution in [-0.4, -0.2) is 26.5 Å². The molecule has 1 N–H and O–H groups in total. The van der Waals surface area contributed by atoms with Crippen molar-refractivity contribution >= 4 is 11.9 Å². The van der Waals surface area contributed by atoms with Crippen LogP contribution in [0.1, 0.15) is 18.9 Å². The molecular weight excluding hydrogens is 234 g/mol. The van der Waals surface area contributed by atoms with E-state index in [1.807, 2.05) is 18.2 Å². The first-order valence-corrected chi connectivity index (χ1v) is 6.86. The molecule has 0 saturated heterocycles. The average Bonchev–Trinajstić information content (AvgIpc) is 2.38. The van der Waals surface area contributed by atoms with E-state index in [0.717, 1.165) is 30.2 Å². The number of rotatable bonds is 8. The topological polar surface area (TPSA) is 30.5 Å². The van der Waals surface area contributed by atoms with Gasteiger partial charge < -0.3 is 9.47 Å². The zero-order chi connectivity index (χ0) is 12.5. The largest absolute Gasteiger partial charge is 0.497 e. The van der Waals surface area contributed by atoms with Crippen molar-refractivity contribution in [2.75, 3.05) is 26.5 Å². The molecule has 0 aliphatic rings. The Balaban J connectivity index is 2.49. The molecule has 0 spiro atoms. The van der Waals surface area contributed by atoms with Gasteiger partial charge in [-0.3, -0.25) is 4.72 Å². The molecule has 0 saturated carbocycles. The fraction of sp³-hybridized carbons (Fsp3) is 0.538. The van der Waals surface area contributed by atoms with Gasteiger partial charge in [0.15, 0.2) is 0 Å². The molecule has 3 nitrogen and oxygen atoms in total. The van der Waals surface area contributed by atoms with Gasteiger partial charge in [-0.2, -0.15) is 0 Å². The predicted octanol–water partition coefficient (Wildman–Crippen LogP) is 2.89. The van der Waals surface area contributed by atoms with Gasteiger partial charge in [0, 0.05) is 12.3 Å². The van der Waals surface area contributed by atoms with Crippen molar-refractivity contribution < 1.29 is 9.47 Å². The summed E-state index contributed by atoms with van der Waals surface area (Å²) in [5.41, 5.74) is 1.18. The van der Waals surface area contributed by atoms with E-state index < -0.39 is 0 Å². The van der Waals surface area contributed by atoms with E-state index in [2.05, 4.69) is 11.6 Å². The molecule has 1 rings (SSSR count). The Bertz CT molecular complexity index is 331. The minimum Gasteiger partial charge on any atom is -0.497 e. The molecule has 96 valence electrons. The standard InChI is InChI=1S/C13H21NO2S/c1-4-9-17-14-8-7-11-10-12(15-2)5-6-13(11)16-3/h5-6,10,14H,4,7-9H2,1-3H3. The number of benzene rings is 1. The molecule has 1 aromatic carbocycles. The van der Waals surface area contributed by atoms with Crippen molar-refractivity contribution in [2.45, 2.75) is 19.8 Å². The van der Waals surface area contributed by atoms with Crippen LogP contribution in [0.2, 0.25) is 0 Å². The van der Waals surface area contributed by atoms with Gasteiger partial charge in [0.05, 0.1) is 14.2 Å². The minimum absolute atomic E-state index is 0.877.